The van der Waals surface area contributed by atoms with Crippen LogP contribution >= 0.6 is 11.8 Å². The summed E-state index contributed by atoms with van der Waals surface area (Å²) < 4.78 is 5.25. The Morgan fingerprint density at radius 1 is 1.32 bits per heavy atom. The highest BCUT2D eigenvalue weighted by molar-refractivity contribution is 8.05. The van der Waals surface area contributed by atoms with Crippen molar-refractivity contribution in [2.75, 3.05) is 12.4 Å². The quantitative estimate of drug-likeness (QED) is 0.481. The van der Waals surface area contributed by atoms with Crippen molar-refractivity contribution in [3.8, 4) is 11.5 Å². The number of phenols is 1. The van der Waals surface area contributed by atoms with Crippen LogP contribution in [0.5, 0.6) is 11.5 Å². The molecule has 2 aromatic carbocycles. The van der Waals surface area contributed by atoms with Crippen molar-refractivity contribution in [2.24, 2.45) is 0 Å². The van der Waals surface area contributed by atoms with Gasteiger partial charge in [0.2, 0.25) is 0 Å². The van der Waals surface area contributed by atoms with Gasteiger partial charge in [-0.1, -0.05) is 36.9 Å². The standard InChI is InChI=1S/C22H24N2O3S/c1-4-6-16-11-15(12-18(27-3)20(16)25)13-19-21(26)24-22(28-19)23-17-9-7-14(5-2)8-10-17/h4,7-13,22-23,25H,1,5-6H2,2-3H3,(H,24,26)/b19-13-/t22-/m0/s1. The number of allylic oxidation sites excluding steroid dienone is 1. The minimum Gasteiger partial charge on any atom is -0.504 e. The molecule has 0 bridgehead atoms. The van der Waals surface area contributed by atoms with Crippen molar-refractivity contribution < 1.29 is 14.6 Å². The van der Waals surface area contributed by atoms with E-state index in [4.69, 9.17) is 4.74 Å². The Morgan fingerprint density at radius 2 is 2.07 bits per heavy atom. The van der Waals surface area contributed by atoms with Gasteiger partial charge in [0, 0.05) is 11.3 Å². The lowest BCUT2D eigenvalue weighted by Crippen LogP contribution is -2.30. The summed E-state index contributed by atoms with van der Waals surface area (Å²) in [6.45, 7) is 5.83. The molecular formula is C22H24N2O3S. The van der Waals surface area contributed by atoms with Crippen molar-refractivity contribution in [1.82, 2.24) is 5.32 Å². The zero-order chi connectivity index (χ0) is 20.1. The van der Waals surface area contributed by atoms with Crippen molar-refractivity contribution >= 4 is 29.4 Å². The first-order valence-electron chi connectivity index (χ1n) is 9.09. The SMILES string of the molecule is C=CCc1cc(/C=C2\S[C@@H](Nc3ccc(CC)cc3)NC2=O)cc(OC)c1O. The maximum atomic E-state index is 12.4. The van der Waals surface area contributed by atoms with Gasteiger partial charge in [-0.25, -0.2) is 0 Å². The molecule has 6 heteroatoms. The van der Waals surface area contributed by atoms with Crippen LogP contribution in [-0.2, 0) is 17.6 Å². The number of amides is 1. The fourth-order valence-electron chi connectivity index (χ4n) is 2.94. The summed E-state index contributed by atoms with van der Waals surface area (Å²) in [7, 11) is 1.50. The second-order valence-corrected chi connectivity index (χ2v) is 7.55. The molecule has 2 aromatic rings. The molecule has 1 amide bonds. The third kappa shape index (κ3) is 4.51. The van der Waals surface area contributed by atoms with Gasteiger partial charge in [0.15, 0.2) is 17.0 Å². The van der Waals surface area contributed by atoms with Crippen LogP contribution in [0.1, 0.15) is 23.6 Å². The van der Waals surface area contributed by atoms with Crippen molar-refractivity contribution in [3.05, 3.63) is 70.6 Å². The minimum absolute atomic E-state index is 0.100. The summed E-state index contributed by atoms with van der Waals surface area (Å²) in [4.78, 5) is 13.0. The summed E-state index contributed by atoms with van der Waals surface area (Å²) >= 11 is 1.42. The van der Waals surface area contributed by atoms with E-state index in [1.807, 2.05) is 18.2 Å². The van der Waals surface area contributed by atoms with Gasteiger partial charge in [0.05, 0.1) is 12.0 Å². The zero-order valence-corrected chi connectivity index (χ0v) is 16.8. The Kier molecular flexibility index (Phi) is 6.31. The number of aromatic hydroxyl groups is 1. The number of phenolic OH excluding ortho intramolecular Hbond substituents is 1. The highest BCUT2D eigenvalue weighted by atomic mass is 32.2. The number of thioether (sulfide) groups is 1. The molecular weight excluding hydrogens is 372 g/mol. The fraction of sp³-hybridized carbons (Fsp3) is 0.227. The van der Waals surface area contributed by atoms with Crippen LogP contribution in [-0.4, -0.2) is 23.6 Å². The topological polar surface area (TPSA) is 70.6 Å². The number of methoxy groups -OCH3 is 1. The number of carbonyl (C=O) groups is 1. The van der Waals surface area contributed by atoms with E-state index in [1.54, 1.807) is 18.2 Å². The highest BCUT2D eigenvalue weighted by Gasteiger charge is 2.27. The van der Waals surface area contributed by atoms with Gasteiger partial charge in [-0.2, -0.15) is 0 Å². The molecule has 0 saturated carbocycles. The summed E-state index contributed by atoms with van der Waals surface area (Å²) in [5.41, 5.74) is 3.48. The van der Waals surface area contributed by atoms with Gasteiger partial charge in [0.1, 0.15) is 0 Å². The van der Waals surface area contributed by atoms with Gasteiger partial charge in [-0.3, -0.25) is 4.79 Å². The van der Waals surface area contributed by atoms with E-state index in [-0.39, 0.29) is 17.2 Å². The van der Waals surface area contributed by atoms with E-state index in [9.17, 15) is 9.90 Å². The monoisotopic (exact) mass is 396 g/mol. The first-order chi connectivity index (χ1) is 13.5. The number of ether oxygens (including phenoxy) is 1. The van der Waals surface area contributed by atoms with Crippen molar-refractivity contribution in [2.45, 2.75) is 25.3 Å². The molecule has 0 aromatic heterocycles. The van der Waals surface area contributed by atoms with Gasteiger partial charge < -0.3 is 20.5 Å². The maximum Gasteiger partial charge on any atom is 0.260 e. The van der Waals surface area contributed by atoms with E-state index in [1.165, 1.54) is 24.4 Å². The molecule has 0 aliphatic carbocycles. The van der Waals surface area contributed by atoms with Crippen molar-refractivity contribution in [3.63, 3.8) is 0 Å². The Labute approximate surface area is 169 Å². The van der Waals surface area contributed by atoms with Gasteiger partial charge in [-0.05, 0) is 54.3 Å². The number of carbonyl (C=O) groups excluding carboxylic acids is 1. The lowest BCUT2D eigenvalue weighted by atomic mass is 10.1. The van der Waals surface area contributed by atoms with Crippen LogP contribution in [0.4, 0.5) is 5.69 Å². The number of benzene rings is 2. The average Bonchev–Trinajstić information content (AvgIpc) is 3.03. The first kappa shape index (κ1) is 19.9. The first-order valence-corrected chi connectivity index (χ1v) is 9.97. The molecule has 3 rings (SSSR count). The normalized spacial score (nSPS) is 17.4. The molecule has 1 atom stereocenters. The Bertz CT molecular complexity index is 907. The largest absolute Gasteiger partial charge is 0.504 e. The number of rotatable bonds is 7. The van der Waals surface area contributed by atoms with Crippen LogP contribution in [0.25, 0.3) is 6.08 Å². The Hall–Kier alpha value is -2.86. The summed E-state index contributed by atoms with van der Waals surface area (Å²) in [5.74, 6) is 0.341. The molecule has 0 unspecified atom stereocenters. The van der Waals surface area contributed by atoms with E-state index in [0.29, 0.717) is 22.6 Å². The second kappa shape index (κ2) is 8.89. The fourth-order valence-corrected chi connectivity index (χ4v) is 3.93. The number of hydrogen-bond donors (Lipinski definition) is 3. The molecule has 1 aliphatic rings. The molecule has 0 spiro atoms. The predicted molar refractivity (Wildman–Crippen MR) is 116 cm³/mol. The van der Waals surface area contributed by atoms with Crippen molar-refractivity contribution in [1.29, 1.82) is 0 Å². The molecule has 1 heterocycles. The Morgan fingerprint density at radius 3 is 2.71 bits per heavy atom. The van der Waals surface area contributed by atoms with E-state index >= 15 is 0 Å². The Balaban J connectivity index is 1.78. The molecule has 1 fully saturated rings. The molecule has 28 heavy (non-hydrogen) atoms. The molecule has 3 N–H and O–H groups in total. The highest BCUT2D eigenvalue weighted by Crippen LogP contribution is 2.35. The van der Waals surface area contributed by atoms with Gasteiger partial charge in [0.25, 0.3) is 5.91 Å². The number of anilines is 1. The summed E-state index contributed by atoms with van der Waals surface area (Å²) in [6, 6.07) is 11.7. The second-order valence-electron chi connectivity index (χ2n) is 6.40. The lowest BCUT2D eigenvalue weighted by Gasteiger charge is -2.13. The average molecular weight is 397 g/mol. The van der Waals surface area contributed by atoms with Crippen LogP contribution in [0.3, 0.4) is 0 Å². The molecule has 1 saturated heterocycles. The lowest BCUT2D eigenvalue weighted by molar-refractivity contribution is -0.116. The third-order valence-corrected chi connectivity index (χ3v) is 5.48. The molecule has 1 aliphatic heterocycles. The number of aryl methyl sites for hydroxylation is 1. The van der Waals surface area contributed by atoms with E-state index in [2.05, 4.69) is 36.3 Å². The third-order valence-electron chi connectivity index (χ3n) is 4.45. The van der Waals surface area contributed by atoms with Crippen LogP contribution in [0, 0.1) is 0 Å². The zero-order valence-electron chi connectivity index (χ0n) is 16.0. The molecule has 146 valence electrons. The van der Waals surface area contributed by atoms with Crippen LogP contribution < -0.4 is 15.4 Å². The van der Waals surface area contributed by atoms with E-state index in [0.717, 1.165) is 17.7 Å². The van der Waals surface area contributed by atoms with Crippen LogP contribution in [0.2, 0.25) is 0 Å². The maximum absolute atomic E-state index is 12.4. The smallest absolute Gasteiger partial charge is 0.260 e. The molecule has 5 nitrogen and oxygen atoms in total. The van der Waals surface area contributed by atoms with Gasteiger partial charge >= 0.3 is 0 Å². The predicted octanol–water partition coefficient (Wildman–Crippen LogP) is 4.29. The van der Waals surface area contributed by atoms with E-state index < -0.39 is 0 Å². The van der Waals surface area contributed by atoms with Crippen LogP contribution in [0.15, 0.2) is 54.0 Å². The summed E-state index contributed by atoms with van der Waals surface area (Å²) in [6.07, 6.45) is 5.02. The minimum atomic E-state index is -0.238. The summed E-state index contributed by atoms with van der Waals surface area (Å²) in [5, 5.41) is 16.5. The number of hydrogen-bond acceptors (Lipinski definition) is 5. The van der Waals surface area contributed by atoms with Gasteiger partial charge in [-0.15, -0.1) is 6.58 Å². The number of nitrogens with one attached hydrogen (secondary N) is 2. The molecule has 0 radical (unpaired) electrons.